The van der Waals surface area contributed by atoms with Gasteiger partial charge in [-0.1, -0.05) is 36.4 Å². The van der Waals surface area contributed by atoms with E-state index in [9.17, 15) is 0 Å². The Bertz CT molecular complexity index is 121. The lowest BCUT2D eigenvalue weighted by Gasteiger charge is -2.14. The van der Waals surface area contributed by atoms with Crippen LogP contribution < -0.4 is 0 Å². The van der Waals surface area contributed by atoms with Crippen molar-refractivity contribution in [3.63, 3.8) is 0 Å². The Morgan fingerprint density at radius 1 is 1.67 bits per heavy atom. The average Bonchev–Trinajstić information content (AvgIpc) is 1.63. The van der Waals surface area contributed by atoms with Gasteiger partial charge in [-0.15, -0.1) is 0 Å². The van der Waals surface area contributed by atoms with Crippen molar-refractivity contribution < 1.29 is 0 Å². The maximum atomic E-state index is 8.59. The summed E-state index contributed by atoms with van der Waals surface area (Å²) in [6.45, 7) is 6.23. The summed E-state index contributed by atoms with van der Waals surface area (Å²) in [5, 5.41) is 8.59. The van der Waals surface area contributed by atoms with Crippen molar-refractivity contribution in [1.29, 1.82) is 5.26 Å². The van der Waals surface area contributed by atoms with Crippen LogP contribution in [0.2, 0.25) is 0 Å². The highest BCUT2D eigenvalue weighted by atomic mass is 127. The fourth-order valence-corrected chi connectivity index (χ4v) is 1.69. The standard InChI is InChI=1S/C7H12IN/c1-6(2)4-7(3,8)5-9/h6H,4H2,1-3H3. The zero-order valence-corrected chi connectivity index (χ0v) is 8.27. The molecule has 0 aromatic heterocycles. The summed E-state index contributed by atoms with van der Waals surface area (Å²) in [6, 6.07) is 2.26. The summed E-state index contributed by atoms with van der Waals surface area (Å²) in [4.78, 5) is 0. The topological polar surface area (TPSA) is 23.8 Å². The predicted octanol–water partition coefficient (Wildman–Crippen LogP) is 2.75. The van der Waals surface area contributed by atoms with Gasteiger partial charge in [0.1, 0.15) is 3.42 Å². The van der Waals surface area contributed by atoms with Crippen molar-refractivity contribution in [2.75, 3.05) is 0 Å². The van der Waals surface area contributed by atoms with Crippen LogP contribution in [0.4, 0.5) is 0 Å². The molecule has 0 aromatic carbocycles. The second-order valence-electron chi connectivity index (χ2n) is 2.91. The van der Waals surface area contributed by atoms with E-state index in [4.69, 9.17) is 5.26 Å². The molecule has 0 aliphatic carbocycles. The number of alkyl halides is 1. The molecule has 0 fully saturated rings. The van der Waals surface area contributed by atoms with Gasteiger partial charge in [-0.25, -0.2) is 0 Å². The molecule has 0 saturated heterocycles. The van der Waals surface area contributed by atoms with Crippen molar-refractivity contribution in [3.8, 4) is 6.07 Å². The predicted molar refractivity (Wildman–Crippen MR) is 47.5 cm³/mol. The lowest BCUT2D eigenvalue weighted by atomic mass is 10.0. The summed E-state index contributed by atoms with van der Waals surface area (Å²) >= 11 is 2.19. The molecule has 0 rings (SSSR count). The van der Waals surface area contributed by atoms with Crippen LogP contribution in [-0.2, 0) is 0 Å². The molecule has 0 bridgehead atoms. The lowest BCUT2D eigenvalue weighted by Crippen LogP contribution is -2.14. The smallest absolute Gasteiger partial charge is 0.106 e. The van der Waals surface area contributed by atoms with Gasteiger partial charge in [-0.2, -0.15) is 5.26 Å². The Labute approximate surface area is 70.6 Å². The highest BCUT2D eigenvalue weighted by Gasteiger charge is 2.19. The zero-order chi connectivity index (χ0) is 7.49. The van der Waals surface area contributed by atoms with Crippen LogP contribution in [0.1, 0.15) is 27.2 Å². The van der Waals surface area contributed by atoms with Gasteiger partial charge < -0.3 is 0 Å². The molecular weight excluding hydrogens is 225 g/mol. The maximum Gasteiger partial charge on any atom is 0.106 e. The summed E-state index contributed by atoms with van der Waals surface area (Å²) in [5.41, 5.74) is 0. The monoisotopic (exact) mass is 237 g/mol. The third-order valence-electron chi connectivity index (χ3n) is 1.02. The van der Waals surface area contributed by atoms with Gasteiger partial charge >= 0.3 is 0 Å². The van der Waals surface area contributed by atoms with Gasteiger partial charge in [0.2, 0.25) is 0 Å². The van der Waals surface area contributed by atoms with Crippen LogP contribution in [0.3, 0.4) is 0 Å². The first-order valence-electron chi connectivity index (χ1n) is 3.08. The van der Waals surface area contributed by atoms with E-state index in [2.05, 4.69) is 42.5 Å². The average molecular weight is 237 g/mol. The molecule has 0 aliphatic heterocycles. The fraction of sp³-hybridized carbons (Fsp3) is 0.857. The van der Waals surface area contributed by atoms with Crippen LogP contribution in [0.25, 0.3) is 0 Å². The third kappa shape index (κ3) is 4.71. The van der Waals surface area contributed by atoms with Crippen molar-refractivity contribution in [1.82, 2.24) is 0 Å². The minimum absolute atomic E-state index is 0.161. The van der Waals surface area contributed by atoms with Gasteiger partial charge in [0.25, 0.3) is 0 Å². The molecule has 1 unspecified atom stereocenters. The summed E-state index contributed by atoms with van der Waals surface area (Å²) in [5.74, 6) is 0.617. The minimum Gasteiger partial charge on any atom is -0.197 e. The number of halogens is 1. The molecule has 0 spiro atoms. The number of nitriles is 1. The fourth-order valence-electron chi connectivity index (χ4n) is 0.812. The Morgan fingerprint density at radius 2 is 2.11 bits per heavy atom. The van der Waals surface area contributed by atoms with Gasteiger partial charge in [-0.3, -0.25) is 0 Å². The zero-order valence-electron chi connectivity index (χ0n) is 6.11. The Kier molecular flexibility index (Phi) is 3.49. The molecule has 0 N–H and O–H groups in total. The van der Waals surface area contributed by atoms with Crippen molar-refractivity contribution >= 4 is 22.6 Å². The highest BCUT2D eigenvalue weighted by molar-refractivity contribution is 14.1. The number of hydrogen-bond donors (Lipinski definition) is 0. The summed E-state index contributed by atoms with van der Waals surface area (Å²) in [7, 11) is 0. The van der Waals surface area contributed by atoms with Gasteiger partial charge in [0.15, 0.2) is 0 Å². The van der Waals surface area contributed by atoms with Crippen LogP contribution >= 0.6 is 22.6 Å². The molecule has 0 radical (unpaired) electrons. The molecule has 0 aliphatic rings. The molecule has 9 heavy (non-hydrogen) atoms. The summed E-state index contributed by atoms with van der Waals surface area (Å²) in [6.07, 6.45) is 0.976. The number of rotatable bonds is 2. The normalized spacial score (nSPS) is 16.9. The molecule has 52 valence electrons. The number of hydrogen-bond acceptors (Lipinski definition) is 1. The van der Waals surface area contributed by atoms with Crippen LogP contribution in [0, 0.1) is 17.2 Å². The Balaban J connectivity index is 3.76. The van der Waals surface area contributed by atoms with E-state index in [1.165, 1.54) is 0 Å². The van der Waals surface area contributed by atoms with E-state index in [1.807, 2.05) is 6.92 Å². The summed E-state index contributed by atoms with van der Waals surface area (Å²) < 4.78 is -0.161. The molecule has 0 heterocycles. The molecule has 1 atom stereocenters. The third-order valence-corrected chi connectivity index (χ3v) is 1.71. The molecule has 0 aromatic rings. The first-order valence-corrected chi connectivity index (χ1v) is 4.16. The first kappa shape index (κ1) is 9.22. The molecule has 2 heteroatoms. The van der Waals surface area contributed by atoms with Crippen LogP contribution in [-0.4, -0.2) is 3.42 Å². The molecule has 0 saturated carbocycles. The molecule has 0 amide bonds. The van der Waals surface area contributed by atoms with E-state index in [0.29, 0.717) is 5.92 Å². The van der Waals surface area contributed by atoms with Crippen molar-refractivity contribution in [2.24, 2.45) is 5.92 Å². The van der Waals surface area contributed by atoms with E-state index < -0.39 is 0 Å². The van der Waals surface area contributed by atoms with Crippen LogP contribution in [0.5, 0.6) is 0 Å². The van der Waals surface area contributed by atoms with E-state index in [1.54, 1.807) is 0 Å². The van der Waals surface area contributed by atoms with Gasteiger partial charge in [0, 0.05) is 0 Å². The van der Waals surface area contributed by atoms with Crippen LogP contribution in [0.15, 0.2) is 0 Å². The lowest BCUT2D eigenvalue weighted by molar-refractivity contribution is 0.551. The minimum atomic E-state index is -0.161. The van der Waals surface area contributed by atoms with E-state index in [-0.39, 0.29) is 3.42 Å². The first-order chi connectivity index (χ1) is 3.98. The SMILES string of the molecule is CC(C)CC(C)(I)C#N. The second kappa shape index (κ2) is 3.40. The highest BCUT2D eigenvalue weighted by Crippen LogP contribution is 2.25. The largest absolute Gasteiger partial charge is 0.197 e. The van der Waals surface area contributed by atoms with Gasteiger partial charge in [-0.05, 0) is 19.3 Å². The van der Waals surface area contributed by atoms with Crippen molar-refractivity contribution in [3.05, 3.63) is 0 Å². The van der Waals surface area contributed by atoms with E-state index >= 15 is 0 Å². The molecular formula is C7H12IN. The maximum absolute atomic E-state index is 8.59. The molecule has 1 nitrogen and oxygen atoms in total. The van der Waals surface area contributed by atoms with Crippen molar-refractivity contribution in [2.45, 2.75) is 30.6 Å². The van der Waals surface area contributed by atoms with Gasteiger partial charge in [0.05, 0.1) is 6.07 Å². The second-order valence-corrected chi connectivity index (χ2v) is 5.29. The number of nitrogens with zero attached hydrogens (tertiary/aromatic N) is 1. The Morgan fingerprint density at radius 3 is 2.22 bits per heavy atom. The van der Waals surface area contributed by atoms with E-state index in [0.717, 1.165) is 6.42 Å². The quantitative estimate of drug-likeness (QED) is 0.535. The Hall–Kier alpha value is 0.220.